The molecule has 3 aromatic rings. The van der Waals surface area contributed by atoms with Crippen LogP contribution in [0.1, 0.15) is 46.8 Å². The van der Waals surface area contributed by atoms with Gasteiger partial charge in [-0.1, -0.05) is 61.9 Å². The van der Waals surface area contributed by atoms with E-state index >= 15 is 0 Å². The standard InChI is InChI=1S/C24H26N2O3S/c1-17(2)20-11-9-19(10-12-20)16-25-24(27)21-5-4-6-23(15-21)30(28,29)26-22-13-7-18(3)8-14-22/h4-15,17,26H,16H2,1-3H3,(H,25,27). The lowest BCUT2D eigenvalue weighted by atomic mass is 10.0. The van der Waals surface area contributed by atoms with E-state index in [1.165, 1.54) is 17.7 Å². The molecule has 0 aliphatic rings. The summed E-state index contributed by atoms with van der Waals surface area (Å²) >= 11 is 0. The molecule has 3 rings (SSSR count). The number of hydrogen-bond acceptors (Lipinski definition) is 3. The smallest absolute Gasteiger partial charge is 0.261 e. The maximum Gasteiger partial charge on any atom is 0.261 e. The number of benzene rings is 3. The van der Waals surface area contributed by atoms with E-state index in [0.717, 1.165) is 11.1 Å². The molecule has 0 saturated carbocycles. The van der Waals surface area contributed by atoms with Crippen LogP contribution in [0.15, 0.2) is 77.7 Å². The van der Waals surface area contributed by atoms with Crippen LogP contribution in [-0.2, 0) is 16.6 Å². The van der Waals surface area contributed by atoms with Crippen LogP contribution >= 0.6 is 0 Å². The number of anilines is 1. The molecule has 1 amide bonds. The molecule has 2 N–H and O–H groups in total. The van der Waals surface area contributed by atoms with Crippen molar-refractivity contribution < 1.29 is 13.2 Å². The maximum absolute atomic E-state index is 12.7. The molecule has 0 unspecified atom stereocenters. The van der Waals surface area contributed by atoms with Gasteiger partial charge in [-0.2, -0.15) is 0 Å². The summed E-state index contributed by atoms with van der Waals surface area (Å²) in [6.45, 7) is 6.56. The van der Waals surface area contributed by atoms with E-state index < -0.39 is 10.0 Å². The summed E-state index contributed by atoms with van der Waals surface area (Å²) in [6.07, 6.45) is 0. The summed E-state index contributed by atoms with van der Waals surface area (Å²) in [5, 5.41) is 2.84. The molecule has 0 fully saturated rings. The average Bonchev–Trinajstić information content (AvgIpc) is 2.74. The van der Waals surface area contributed by atoms with E-state index in [2.05, 4.69) is 36.0 Å². The van der Waals surface area contributed by atoms with Crippen LogP contribution < -0.4 is 10.0 Å². The number of rotatable bonds is 7. The maximum atomic E-state index is 12.7. The Hall–Kier alpha value is -3.12. The van der Waals surface area contributed by atoms with Crippen LogP contribution in [0, 0.1) is 6.92 Å². The number of sulfonamides is 1. The highest BCUT2D eigenvalue weighted by Gasteiger charge is 2.16. The van der Waals surface area contributed by atoms with E-state index in [1.54, 1.807) is 24.3 Å². The van der Waals surface area contributed by atoms with E-state index in [-0.39, 0.29) is 10.8 Å². The number of amides is 1. The second-order valence-corrected chi connectivity index (χ2v) is 9.26. The first-order valence-electron chi connectivity index (χ1n) is 9.81. The van der Waals surface area contributed by atoms with Gasteiger partial charge in [0.15, 0.2) is 0 Å². The molecule has 0 radical (unpaired) electrons. The Balaban J connectivity index is 1.69. The molecule has 0 aliphatic carbocycles. The highest BCUT2D eigenvalue weighted by Crippen LogP contribution is 2.18. The van der Waals surface area contributed by atoms with Gasteiger partial charge < -0.3 is 5.32 Å². The number of carbonyl (C=O) groups is 1. The number of nitrogens with one attached hydrogen (secondary N) is 2. The third-order valence-electron chi connectivity index (χ3n) is 4.81. The van der Waals surface area contributed by atoms with Gasteiger partial charge in [-0.05, 0) is 54.3 Å². The Kier molecular flexibility index (Phi) is 6.57. The molecule has 6 heteroatoms. The fraction of sp³-hybridized carbons (Fsp3) is 0.208. The normalized spacial score (nSPS) is 11.3. The summed E-state index contributed by atoms with van der Waals surface area (Å²) in [5.41, 5.74) is 4.03. The van der Waals surface area contributed by atoms with Gasteiger partial charge in [-0.3, -0.25) is 9.52 Å². The Morgan fingerprint density at radius 3 is 2.23 bits per heavy atom. The van der Waals surface area contributed by atoms with Crippen molar-refractivity contribution in [1.82, 2.24) is 5.32 Å². The highest BCUT2D eigenvalue weighted by molar-refractivity contribution is 7.92. The quantitative estimate of drug-likeness (QED) is 0.572. The third kappa shape index (κ3) is 5.48. The summed E-state index contributed by atoms with van der Waals surface area (Å²) in [4.78, 5) is 12.6. The molecule has 0 bridgehead atoms. The van der Waals surface area contributed by atoms with E-state index in [9.17, 15) is 13.2 Å². The molecule has 0 atom stereocenters. The first-order chi connectivity index (χ1) is 14.2. The van der Waals surface area contributed by atoms with Crippen molar-refractivity contribution in [2.24, 2.45) is 0 Å². The minimum absolute atomic E-state index is 0.0389. The van der Waals surface area contributed by atoms with Gasteiger partial charge in [0.1, 0.15) is 0 Å². The van der Waals surface area contributed by atoms with Crippen LogP contribution in [0.2, 0.25) is 0 Å². The summed E-state index contributed by atoms with van der Waals surface area (Å²) < 4.78 is 27.9. The lowest BCUT2D eigenvalue weighted by Crippen LogP contribution is -2.23. The number of hydrogen-bond donors (Lipinski definition) is 2. The van der Waals surface area contributed by atoms with Gasteiger partial charge in [0.2, 0.25) is 0 Å². The molecule has 0 heterocycles. The largest absolute Gasteiger partial charge is 0.348 e. The van der Waals surface area contributed by atoms with Crippen LogP contribution in [0.3, 0.4) is 0 Å². The second-order valence-electron chi connectivity index (χ2n) is 7.58. The van der Waals surface area contributed by atoms with Gasteiger partial charge in [0.05, 0.1) is 4.90 Å². The third-order valence-corrected chi connectivity index (χ3v) is 6.19. The van der Waals surface area contributed by atoms with Crippen molar-refractivity contribution in [2.45, 2.75) is 38.1 Å². The summed E-state index contributed by atoms with van der Waals surface area (Å²) in [5.74, 6) is 0.127. The van der Waals surface area contributed by atoms with Crippen LogP contribution in [0.4, 0.5) is 5.69 Å². The zero-order chi connectivity index (χ0) is 21.7. The zero-order valence-corrected chi connectivity index (χ0v) is 18.2. The minimum Gasteiger partial charge on any atom is -0.348 e. The van der Waals surface area contributed by atoms with Crippen LogP contribution in [-0.4, -0.2) is 14.3 Å². The fourth-order valence-corrected chi connectivity index (χ4v) is 4.05. The van der Waals surface area contributed by atoms with Crippen LogP contribution in [0.25, 0.3) is 0 Å². The average molecular weight is 423 g/mol. The van der Waals surface area contributed by atoms with Crippen molar-refractivity contribution in [1.29, 1.82) is 0 Å². The first kappa shape index (κ1) is 21.6. The lowest BCUT2D eigenvalue weighted by Gasteiger charge is -2.11. The molecule has 0 spiro atoms. The van der Waals surface area contributed by atoms with Gasteiger partial charge in [0.25, 0.3) is 15.9 Å². The summed E-state index contributed by atoms with van der Waals surface area (Å²) in [6, 6.07) is 21.2. The molecule has 156 valence electrons. The van der Waals surface area contributed by atoms with Gasteiger partial charge in [0, 0.05) is 17.8 Å². The molecule has 30 heavy (non-hydrogen) atoms. The monoisotopic (exact) mass is 422 g/mol. The molecule has 0 aliphatic heterocycles. The Morgan fingerprint density at radius 1 is 0.933 bits per heavy atom. The SMILES string of the molecule is Cc1ccc(NS(=O)(=O)c2cccc(C(=O)NCc3ccc(C(C)C)cc3)c2)cc1. The topological polar surface area (TPSA) is 75.3 Å². The Labute approximate surface area is 178 Å². The number of aryl methyl sites for hydroxylation is 1. The molecular formula is C24H26N2O3S. The lowest BCUT2D eigenvalue weighted by molar-refractivity contribution is 0.0950. The van der Waals surface area contributed by atoms with Gasteiger partial charge >= 0.3 is 0 Å². The minimum atomic E-state index is -3.79. The second kappa shape index (κ2) is 9.13. The van der Waals surface area contributed by atoms with Crippen molar-refractivity contribution in [3.05, 3.63) is 95.1 Å². The molecule has 3 aromatic carbocycles. The Bertz CT molecular complexity index is 1120. The van der Waals surface area contributed by atoms with Crippen LogP contribution in [0.5, 0.6) is 0 Å². The van der Waals surface area contributed by atoms with E-state index in [0.29, 0.717) is 23.7 Å². The zero-order valence-electron chi connectivity index (χ0n) is 17.3. The van der Waals surface area contributed by atoms with E-state index in [1.807, 2.05) is 31.2 Å². The van der Waals surface area contributed by atoms with Gasteiger partial charge in [-0.15, -0.1) is 0 Å². The molecule has 0 saturated heterocycles. The number of carbonyl (C=O) groups excluding carboxylic acids is 1. The van der Waals surface area contributed by atoms with Gasteiger partial charge in [-0.25, -0.2) is 8.42 Å². The summed E-state index contributed by atoms with van der Waals surface area (Å²) in [7, 11) is -3.79. The molecule has 5 nitrogen and oxygen atoms in total. The van der Waals surface area contributed by atoms with Crippen molar-refractivity contribution in [2.75, 3.05) is 4.72 Å². The first-order valence-corrected chi connectivity index (χ1v) is 11.3. The molecule has 0 aromatic heterocycles. The predicted octanol–water partition coefficient (Wildman–Crippen LogP) is 4.85. The molecular weight excluding hydrogens is 396 g/mol. The highest BCUT2D eigenvalue weighted by atomic mass is 32.2. The van der Waals surface area contributed by atoms with Crippen molar-refractivity contribution in [3.63, 3.8) is 0 Å². The van der Waals surface area contributed by atoms with E-state index in [4.69, 9.17) is 0 Å². The van der Waals surface area contributed by atoms with Crippen molar-refractivity contribution >= 4 is 21.6 Å². The van der Waals surface area contributed by atoms with Crippen molar-refractivity contribution in [3.8, 4) is 0 Å². The fourth-order valence-electron chi connectivity index (χ4n) is 2.94. The Morgan fingerprint density at radius 2 is 1.60 bits per heavy atom. The predicted molar refractivity (Wildman–Crippen MR) is 120 cm³/mol.